The Hall–Kier alpha value is -5.65. The third-order valence-corrected chi connectivity index (χ3v) is 9.76. The maximum atomic E-state index is 14.4. The minimum Gasteiger partial charge on any atom is -0.374 e. The molecule has 0 unspecified atom stereocenters. The van der Waals surface area contributed by atoms with Crippen LogP contribution in [0.1, 0.15) is 44.6 Å². The first-order chi connectivity index (χ1) is 27.6. The number of benzene rings is 6. The Morgan fingerprint density at radius 3 is 1.46 bits per heavy atom. The van der Waals surface area contributed by atoms with Gasteiger partial charge in [-0.25, -0.2) is 0 Å². The molecule has 6 aromatic carbocycles. The van der Waals surface area contributed by atoms with Crippen molar-refractivity contribution in [3.63, 3.8) is 0 Å². The molecular formula is C50H46O6. The summed E-state index contributed by atoms with van der Waals surface area (Å²) in [6.45, 7) is 1.32. The monoisotopic (exact) mass is 742 g/mol. The van der Waals surface area contributed by atoms with Gasteiger partial charge in [0.15, 0.2) is 11.4 Å². The lowest BCUT2D eigenvalue weighted by atomic mass is 9.80. The number of carbonyl (C=O) groups is 1. The smallest absolute Gasteiger partial charge is 0.166 e. The minimum absolute atomic E-state index is 0.0951. The third kappa shape index (κ3) is 10.6. The van der Waals surface area contributed by atoms with Crippen LogP contribution < -0.4 is 0 Å². The van der Waals surface area contributed by atoms with Crippen LogP contribution in [0.2, 0.25) is 0 Å². The van der Waals surface area contributed by atoms with Crippen LogP contribution in [0.15, 0.2) is 182 Å². The molecule has 0 radical (unpaired) electrons. The molecule has 1 heterocycles. The van der Waals surface area contributed by atoms with Gasteiger partial charge in [0.05, 0.1) is 39.5 Å². The van der Waals surface area contributed by atoms with E-state index in [1.165, 1.54) is 0 Å². The van der Waals surface area contributed by atoms with E-state index in [0.717, 1.165) is 27.8 Å². The topological polar surface area (TPSA) is 63.2 Å². The highest BCUT2D eigenvalue weighted by Crippen LogP contribution is 2.40. The van der Waals surface area contributed by atoms with Crippen molar-refractivity contribution in [3.05, 3.63) is 215 Å². The number of ketones is 1. The molecule has 1 fully saturated rings. The molecule has 1 aliphatic heterocycles. The Kier molecular flexibility index (Phi) is 13.6. The maximum absolute atomic E-state index is 14.4. The quantitative estimate of drug-likeness (QED) is 0.0728. The number of ether oxygens (including phenoxy) is 5. The van der Waals surface area contributed by atoms with E-state index < -0.39 is 30.0 Å². The van der Waals surface area contributed by atoms with Gasteiger partial charge in [0.25, 0.3) is 0 Å². The minimum atomic E-state index is -1.48. The lowest BCUT2D eigenvalue weighted by Crippen LogP contribution is -2.67. The second-order valence-electron chi connectivity index (χ2n) is 13.9. The fourth-order valence-corrected chi connectivity index (χ4v) is 6.91. The number of hydrogen-bond acceptors (Lipinski definition) is 6. The number of rotatable bonds is 16. The summed E-state index contributed by atoms with van der Waals surface area (Å²) >= 11 is 0. The molecule has 0 amide bonds. The molecule has 5 atom stereocenters. The summed E-state index contributed by atoms with van der Waals surface area (Å²) in [5, 5.41) is 0. The highest BCUT2D eigenvalue weighted by molar-refractivity contribution is 5.97. The zero-order valence-corrected chi connectivity index (χ0v) is 31.3. The molecule has 56 heavy (non-hydrogen) atoms. The molecule has 6 heteroatoms. The zero-order valence-electron chi connectivity index (χ0n) is 31.3. The number of carbonyl (C=O) groups excluding carboxylic acids is 1. The predicted molar refractivity (Wildman–Crippen MR) is 217 cm³/mol. The van der Waals surface area contributed by atoms with Crippen molar-refractivity contribution in [3.8, 4) is 11.8 Å². The third-order valence-electron chi connectivity index (χ3n) is 9.76. The van der Waals surface area contributed by atoms with Gasteiger partial charge in [0.2, 0.25) is 0 Å². The first-order valence-electron chi connectivity index (χ1n) is 19.1. The summed E-state index contributed by atoms with van der Waals surface area (Å²) in [5.74, 6) is 6.73. The molecule has 0 N–H and O–H groups in total. The Morgan fingerprint density at radius 1 is 0.518 bits per heavy atom. The summed E-state index contributed by atoms with van der Waals surface area (Å²) in [6, 6.07) is 59.0. The predicted octanol–water partition coefficient (Wildman–Crippen LogP) is 9.42. The molecule has 0 aromatic heterocycles. The van der Waals surface area contributed by atoms with E-state index in [4.69, 9.17) is 23.7 Å². The molecule has 0 aliphatic carbocycles. The maximum Gasteiger partial charge on any atom is 0.166 e. The Balaban J connectivity index is 1.34. The molecule has 0 bridgehead atoms. The van der Waals surface area contributed by atoms with Crippen LogP contribution in [0.3, 0.4) is 0 Å². The van der Waals surface area contributed by atoms with E-state index >= 15 is 0 Å². The lowest BCUT2D eigenvalue weighted by molar-refractivity contribution is -0.291. The number of Topliss-reactive ketones (excluding diaryl/α,β-unsaturated/α-hetero) is 1. The molecule has 1 saturated heterocycles. The average Bonchev–Trinajstić information content (AvgIpc) is 3.26. The van der Waals surface area contributed by atoms with E-state index in [-0.39, 0.29) is 32.0 Å². The van der Waals surface area contributed by atoms with Crippen LogP contribution in [0, 0.1) is 11.8 Å². The average molecular weight is 743 g/mol. The van der Waals surface area contributed by atoms with Crippen molar-refractivity contribution in [2.24, 2.45) is 0 Å². The Morgan fingerprint density at radius 2 is 0.946 bits per heavy atom. The Bertz CT molecular complexity index is 2120. The van der Waals surface area contributed by atoms with E-state index in [0.29, 0.717) is 18.8 Å². The van der Waals surface area contributed by atoms with Crippen LogP contribution in [-0.4, -0.2) is 42.4 Å². The van der Waals surface area contributed by atoms with Gasteiger partial charge < -0.3 is 23.7 Å². The summed E-state index contributed by atoms with van der Waals surface area (Å²) in [5.41, 5.74) is 3.84. The van der Waals surface area contributed by atoms with Gasteiger partial charge in [-0.05, 0) is 34.4 Å². The molecule has 0 saturated carbocycles. The SMILES string of the molecule is O=C(C[C@@]1(C#Cc2ccccc2)O[C@H](COCc2ccccc2)[C@@H](OCc2ccccc2)[C@H](OCc2ccccc2)[C@H]1OCc1ccccc1)c1ccccc1. The molecule has 0 spiro atoms. The van der Waals surface area contributed by atoms with E-state index in [1.807, 2.05) is 182 Å². The largest absolute Gasteiger partial charge is 0.374 e. The standard InChI is InChI=1S/C50H46O6/c51-45(44-29-17-6-18-30-44)33-50(32-31-39-19-7-1-8-20-39)49(55-37-43-27-15-5-16-28-43)48(54-36-42-25-13-4-14-26-42)47(53-35-41-23-11-3-12-24-41)46(56-50)38-52-34-40-21-9-2-10-22-40/h1-30,46-49H,33-38H2/t46-,47-,48+,49-,50-/m1/s1. The van der Waals surface area contributed by atoms with Crippen molar-refractivity contribution >= 4 is 5.78 Å². The summed E-state index contributed by atoms with van der Waals surface area (Å²) in [7, 11) is 0. The van der Waals surface area contributed by atoms with Crippen molar-refractivity contribution < 1.29 is 28.5 Å². The van der Waals surface area contributed by atoms with Gasteiger partial charge >= 0.3 is 0 Å². The van der Waals surface area contributed by atoms with Crippen LogP contribution in [-0.2, 0) is 50.1 Å². The van der Waals surface area contributed by atoms with Crippen LogP contribution in [0.5, 0.6) is 0 Å². The second kappa shape index (κ2) is 19.8. The molecular weight excluding hydrogens is 697 g/mol. The Labute approximate surface area is 330 Å². The van der Waals surface area contributed by atoms with Crippen LogP contribution >= 0.6 is 0 Å². The van der Waals surface area contributed by atoms with Crippen molar-refractivity contribution in [2.45, 2.75) is 62.9 Å². The van der Waals surface area contributed by atoms with Gasteiger partial charge in [-0.1, -0.05) is 182 Å². The summed E-state index contributed by atoms with van der Waals surface area (Å²) in [4.78, 5) is 14.4. The van der Waals surface area contributed by atoms with Gasteiger partial charge in [0, 0.05) is 11.1 Å². The van der Waals surface area contributed by atoms with Gasteiger partial charge in [-0.15, -0.1) is 0 Å². The highest BCUT2D eigenvalue weighted by atomic mass is 16.6. The molecule has 6 aromatic rings. The van der Waals surface area contributed by atoms with Crippen LogP contribution in [0.25, 0.3) is 0 Å². The number of hydrogen-bond donors (Lipinski definition) is 0. The van der Waals surface area contributed by atoms with Crippen molar-refractivity contribution in [1.29, 1.82) is 0 Å². The van der Waals surface area contributed by atoms with E-state index in [9.17, 15) is 4.79 Å². The summed E-state index contributed by atoms with van der Waals surface area (Å²) < 4.78 is 34.5. The fourth-order valence-electron chi connectivity index (χ4n) is 6.91. The lowest BCUT2D eigenvalue weighted by Gasteiger charge is -2.50. The fraction of sp³-hybridized carbons (Fsp3) is 0.220. The van der Waals surface area contributed by atoms with Crippen molar-refractivity contribution in [1.82, 2.24) is 0 Å². The van der Waals surface area contributed by atoms with Crippen LogP contribution in [0.4, 0.5) is 0 Å². The van der Waals surface area contributed by atoms with Gasteiger partial charge in [-0.2, -0.15) is 0 Å². The zero-order chi connectivity index (χ0) is 38.3. The molecule has 282 valence electrons. The van der Waals surface area contributed by atoms with Crippen molar-refractivity contribution in [2.75, 3.05) is 6.61 Å². The van der Waals surface area contributed by atoms with E-state index in [1.54, 1.807) is 0 Å². The molecule has 1 aliphatic rings. The molecule has 6 nitrogen and oxygen atoms in total. The first kappa shape index (κ1) is 38.6. The summed E-state index contributed by atoms with van der Waals surface area (Å²) in [6.07, 6.45) is -3.08. The van der Waals surface area contributed by atoms with Gasteiger partial charge in [0.1, 0.15) is 24.4 Å². The second-order valence-corrected chi connectivity index (χ2v) is 13.9. The highest BCUT2D eigenvalue weighted by Gasteiger charge is 2.57. The van der Waals surface area contributed by atoms with E-state index in [2.05, 4.69) is 11.8 Å². The van der Waals surface area contributed by atoms with Gasteiger partial charge in [-0.3, -0.25) is 4.79 Å². The first-order valence-corrected chi connectivity index (χ1v) is 19.1. The normalized spacial score (nSPS) is 20.4. The molecule has 7 rings (SSSR count).